The molecule has 0 saturated carbocycles. The van der Waals surface area contributed by atoms with Gasteiger partial charge in [0.1, 0.15) is 5.75 Å². The lowest BCUT2D eigenvalue weighted by Gasteiger charge is -2.15. The van der Waals surface area contributed by atoms with Crippen molar-refractivity contribution in [1.29, 1.82) is 0 Å². The van der Waals surface area contributed by atoms with Crippen molar-refractivity contribution in [1.82, 2.24) is 0 Å². The Morgan fingerprint density at radius 1 is 0.735 bits per heavy atom. The topological polar surface area (TPSA) is 9.23 Å². The van der Waals surface area contributed by atoms with Crippen molar-refractivity contribution in [3.63, 3.8) is 0 Å². The van der Waals surface area contributed by atoms with Crippen LogP contribution >= 0.6 is 22.7 Å². The minimum Gasteiger partial charge on any atom is -0.489 e. The van der Waals surface area contributed by atoms with Crippen LogP contribution in [0.3, 0.4) is 0 Å². The van der Waals surface area contributed by atoms with E-state index in [2.05, 4.69) is 71.0 Å². The number of aryl methyl sites for hydroxylation is 3. The molecule has 3 rings (SSSR count). The maximum Gasteiger partial charge on any atom is 0.139 e. The normalized spacial score (nSPS) is 12.3. The molecule has 1 nitrogen and oxygen atoms in total. The van der Waals surface area contributed by atoms with E-state index in [9.17, 15) is 0 Å². The number of ether oxygens (including phenoxy) is 1. The summed E-state index contributed by atoms with van der Waals surface area (Å²) in [5.74, 6) is 1.08. The zero-order valence-corrected chi connectivity index (χ0v) is 23.7. The highest BCUT2D eigenvalue weighted by Crippen LogP contribution is 2.44. The summed E-state index contributed by atoms with van der Waals surface area (Å²) >= 11 is 3.80. The van der Waals surface area contributed by atoms with Crippen LogP contribution < -0.4 is 4.74 Å². The molecule has 0 fully saturated rings. The molecule has 3 heteroatoms. The van der Waals surface area contributed by atoms with Crippen molar-refractivity contribution in [2.24, 2.45) is 0 Å². The molecule has 0 aliphatic rings. The zero-order chi connectivity index (χ0) is 24.3. The van der Waals surface area contributed by atoms with Gasteiger partial charge < -0.3 is 4.74 Å². The van der Waals surface area contributed by atoms with Gasteiger partial charge in [0.25, 0.3) is 0 Å². The van der Waals surface area contributed by atoms with Crippen molar-refractivity contribution in [2.75, 3.05) is 0 Å². The predicted octanol–water partition coefficient (Wildman–Crippen LogP) is 10.5. The number of unbranched alkanes of at least 4 members (excludes halogenated alkanes) is 6. The first-order chi connectivity index (χ1) is 16.5. The number of thiophene rings is 2. The lowest BCUT2D eigenvalue weighted by molar-refractivity contribution is 0.208. The van der Waals surface area contributed by atoms with Crippen molar-refractivity contribution in [3.8, 4) is 15.5 Å². The number of rotatable bonds is 15. The highest BCUT2D eigenvalue weighted by atomic mass is 32.1. The van der Waals surface area contributed by atoms with Crippen molar-refractivity contribution >= 4 is 22.7 Å². The lowest BCUT2D eigenvalue weighted by Crippen LogP contribution is -2.11. The second-order valence-electron chi connectivity index (χ2n) is 9.84. The smallest absolute Gasteiger partial charge is 0.139 e. The van der Waals surface area contributed by atoms with E-state index in [0.717, 1.165) is 18.6 Å². The van der Waals surface area contributed by atoms with Gasteiger partial charge in [0.15, 0.2) is 0 Å². The fraction of sp³-hybridized carbons (Fsp3) is 0.548. The molecular formula is C31H44OS2. The molecule has 0 aliphatic carbocycles. The van der Waals surface area contributed by atoms with Crippen molar-refractivity contribution in [3.05, 3.63) is 62.8 Å². The van der Waals surface area contributed by atoms with E-state index in [4.69, 9.17) is 4.74 Å². The molecule has 0 bridgehead atoms. The third kappa shape index (κ3) is 8.27. The van der Waals surface area contributed by atoms with Crippen LogP contribution in [0.2, 0.25) is 0 Å². The number of benzene rings is 1. The summed E-state index contributed by atoms with van der Waals surface area (Å²) < 4.78 is 6.50. The Bertz CT molecular complexity index is 980. The van der Waals surface area contributed by atoms with Crippen LogP contribution in [0.15, 0.2) is 36.4 Å². The fourth-order valence-electron chi connectivity index (χ4n) is 4.56. The van der Waals surface area contributed by atoms with Crippen LogP contribution in [0.25, 0.3) is 9.75 Å². The summed E-state index contributed by atoms with van der Waals surface area (Å²) in [7, 11) is 0. The minimum atomic E-state index is 0.263. The second-order valence-corrected chi connectivity index (χ2v) is 12.4. The highest BCUT2D eigenvalue weighted by molar-refractivity contribution is 7.22. The van der Waals surface area contributed by atoms with Gasteiger partial charge in [-0.15, -0.1) is 22.7 Å². The minimum absolute atomic E-state index is 0.263. The van der Waals surface area contributed by atoms with Crippen molar-refractivity contribution in [2.45, 2.75) is 111 Å². The van der Waals surface area contributed by atoms with Crippen LogP contribution in [-0.2, 0) is 12.8 Å². The first kappa shape index (κ1) is 27.0. The van der Waals surface area contributed by atoms with Gasteiger partial charge >= 0.3 is 0 Å². The van der Waals surface area contributed by atoms with Crippen LogP contribution in [0.1, 0.15) is 105 Å². The average Bonchev–Trinajstić information content (AvgIpc) is 3.36. The molecule has 3 aromatic rings. The van der Waals surface area contributed by atoms with Gasteiger partial charge in [-0.05, 0) is 81.7 Å². The largest absolute Gasteiger partial charge is 0.489 e. The van der Waals surface area contributed by atoms with Crippen LogP contribution in [0, 0.1) is 13.8 Å². The van der Waals surface area contributed by atoms with Gasteiger partial charge in [0.05, 0.1) is 15.9 Å². The SMILES string of the molecule is CCCCCCc1ccc(Cc2cc(C)sc2-c2sc(C)cc2OC(C)CCCCCC)cc1. The Hall–Kier alpha value is -1.58. The Morgan fingerprint density at radius 3 is 2.06 bits per heavy atom. The molecule has 1 aromatic carbocycles. The number of hydrogen-bond acceptors (Lipinski definition) is 3. The van der Waals surface area contributed by atoms with Crippen molar-refractivity contribution < 1.29 is 4.74 Å². The first-order valence-electron chi connectivity index (χ1n) is 13.4. The number of hydrogen-bond donors (Lipinski definition) is 0. The summed E-state index contributed by atoms with van der Waals surface area (Å²) in [6.07, 6.45) is 14.1. The lowest BCUT2D eigenvalue weighted by atomic mass is 10.0. The quantitative estimate of drug-likeness (QED) is 0.190. The van der Waals surface area contributed by atoms with Crippen LogP contribution in [-0.4, -0.2) is 6.10 Å². The molecule has 2 aromatic heterocycles. The van der Waals surface area contributed by atoms with Gasteiger partial charge in [-0.2, -0.15) is 0 Å². The van der Waals surface area contributed by atoms with Gasteiger partial charge in [-0.1, -0.05) is 76.6 Å². The molecule has 2 heterocycles. The molecule has 0 aliphatic heterocycles. The maximum absolute atomic E-state index is 6.50. The van der Waals surface area contributed by atoms with E-state index >= 15 is 0 Å². The second kappa shape index (κ2) is 14.1. The van der Waals surface area contributed by atoms with E-state index in [1.54, 1.807) is 0 Å². The van der Waals surface area contributed by atoms with Gasteiger partial charge in [0.2, 0.25) is 0 Å². The summed E-state index contributed by atoms with van der Waals surface area (Å²) in [4.78, 5) is 5.42. The summed E-state index contributed by atoms with van der Waals surface area (Å²) in [6, 6.07) is 14.0. The summed E-state index contributed by atoms with van der Waals surface area (Å²) in [5.41, 5.74) is 4.30. The molecule has 0 N–H and O–H groups in total. The molecule has 186 valence electrons. The summed E-state index contributed by atoms with van der Waals surface area (Å²) in [5, 5.41) is 0. The monoisotopic (exact) mass is 496 g/mol. The third-order valence-electron chi connectivity index (χ3n) is 6.49. The molecule has 0 saturated heterocycles. The molecule has 0 radical (unpaired) electrons. The van der Waals surface area contributed by atoms with E-state index < -0.39 is 0 Å². The van der Waals surface area contributed by atoms with Crippen LogP contribution in [0.4, 0.5) is 0 Å². The molecule has 0 amide bonds. The average molecular weight is 497 g/mol. The van der Waals surface area contributed by atoms with E-state index in [1.807, 2.05) is 22.7 Å². The van der Waals surface area contributed by atoms with E-state index in [-0.39, 0.29) is 6.10 Å². The molecule has 1 unspecified atom stereocenters. The van der Waals surface area contributed by atoms with Gasteiger partial charge in [-0.3, -0.25) is 0 Å². The molecule has 0 spiro atoms. The molecular weight excluding hydrogens is 452 g/mol. The van der Waals surface area contributed by atoms with Crippen LogP contribution in [0.5, 0.6) is 5.75 Å². The predicted molar refractivity (Wildman–Crippen MR) is 153 cm³/mol. The fourth-order valence-corrected chi connectivity index (χ4v) is 6.71. The Balaban J connectivity index is 1.69. The van der Waals surface area contributed by atoms with E-state index in [0.29, 0.717) is 0 Å². The first-order valence-corrected chi connectivity index (χ1v) is 15.1. The third-order valence-corrected chi connectivity index (χ3v) is 8.78. The Kier molecular flexibility index (Phi) is 11.2. The van der Waals surface area contributed by atoms with Gasteiger partial charge in [-0.25, -0.2) is 0 Å². The Morgan fingerprint density at radius 2 is 1.35 bits per heavy atom. The standard InChI is InChI=1S/C31H44OS2/c1-6-8-10-12-14-23(3)32-29-21-25(5)34-31(29)30-28(20-24(4)33-30)22-27-18-16-26(17-19-27)15-13-11-9-7-2/h16-21,23H,6-15,22H2,1-5H3. The highest BCUT2D eigenvalue weighted by Gasteiger charge is 2.19. The summed E-state index contributed by atoms with van der Waals surface area (Å²) in [6.45, 7) is 11.2. The molecule has 1 atom stereocenters. The molecule has 34 heavy (non-hydrogen) atoms. The maximum atomic E-state index is 6.50. The zero-order valence-electron chi connectivity index (χ0n) is 22.0. The van der Waals surface area contributed by atoms with E-state index in [1.165, 1.54) is 94.0 Å². The Labute approximate surface area is 216 Å². The van der Waals surface area contributed by atoms with Gasteiger partial charge in [0, 0.05) is 9.75 Å².